The summed E-state index contributed by atoms with van der Waals surface area (Å²) in [6.45, 7) is 1.54. The smallest absolute Gasteiger partial charge is 0.252 e. The zero-order chi connectivity index (χ0) is 12.7. The van der Waals surface area contributed by atoms with Crippen molar-refractivity contribution in [2.24, 2.45) is 0 Å². The van der Waals surface area contributed by atoms with Gasteiger partial charge in [-0.05, 0) is 44.5 Å². The summed E-state index contributed by atoms with van der Waals surface area (Å²) in [4.78, 5) is 12.9. The molecule has 0 saturated carbocycles. The third-order valence-corrected chi connectivity index (χ3v) is 3.36. The van der Waals surface area contributed by atoms with Gasteiger partial charge >= 0.3 is 0 Å². The van der Waals surface area contributed by atoms with Gasteiger partial charge in [-0.25, -0.2) is 0 Å². The molecule has 94 valence electrons. The van der Waals surface area contributed by atoms with Crippen molar-refractivity contribution >= 4 is 29.3 Å². The molecule has 5 heteroatoms. The van der Waals surface area contributed by atoms with Gasteiger partial charge in [0.15, 0.2) is 0 Å². The van der Waals surface area contributed by atoms with Crippen LogP contribution in [-0.4, -0.2) is 32.3 Å². The number of carbonyl (C=O) groups excluding carboxylic acids is 1. The first-order valence-corrected chi connectivity index (χ1v) is 7.05. The number of amides is 1. The topological polar surface area (TPSA) is 41.1 Å². The molecule has 2 N–H and O–H groups in total. The summed E-state index contributed by atoms with van der Waals surface area (Å²) in [5.74, 6) is -0.109. The maximum absolute atomic E-state index is 11.9. The lowest BCUT2D eigenvalue weighted by Gasteiger charge is -2.07. The number of halogens is 1. The van der Waals surface area contributed by atoms with Gasteiger partial charge in [0.05, 0.1) is 10.6 Å². The average Bonchev–Trinajstić information content (AvgIpc) is 2.35. The van der Waals surface area contributed by atoms with Gasteiger partial charge in [-0.15, -0.1) is 11.8 Å². The van der Waals surface area contributed by atoms with E-state index in [9.17, 15) is 4.79 Å². The average molecular weight is 273 g/mol. The van der Waals surface area contributed by atoms with Gasteiger partial charge in [0.1, 0.15) is 0 Å². The van der Waals surface area contributed by atoms with Crippen molar-refractivity contribution in [3.8, 4) is 0 Å². The number of rotatable bonds is 6. The molecule has 0 saturated heterocycles. The van der Waals surface area contributed by atoms with Crippen molar-refractivity contribution in [3.63, 3.8) is 0 Å². The Morgan fingerprint density at radius 3 is 2.82 bits per heavy atom. The van der Waals surface area contributed by atoms with E-state index in [4.69, 9.17) is 11.6 Å². The molecule has 0 heterocycles. The van der Waals surface area contributed by atoms with Crippen LogP contribution in [0.1, 0.15) is 16.8 Å². The quantitative estimate of drug-likeness (QED) is 0.617. The van der Waals surface area contributed by atoms with Crippen molar-refractivity contribution in [1.29, 1.82) is 0 Å². The Kier molecular flexibility index (Phi) is 6.40. The molecule has 0 fully saturated rings. The second-order valence-electron chi connectivity index (χ2n) is 3.56. The van der Waals surface area contributed by atoms with Crippen LogP contribution >= 0.6 is 23.4 Å². The van der Waals surface area contributed by atoms with Crippen LogP contribution in [0.15, 0.2) is 23.1 Å². The standard InChI is InChI=1S/C12H17ClN2OS/c1-14-6-3-7-15-12(16)10-8-9(17-2)4-5-11(10)13/h4-5,8,14H,3,6-7H2,1-2H3,(H,15,16). The van der Waals surface area contributed by atoms with E-state index in [-0.39, 0.29) is 5.91 Å². The molecule has 0 radical (unpaired) electrons. The zero-order valence-corrected chi connectivity index (χ0v) is 11.6. The highest BCUT2D eigenvalue weighted by atomic mass is 35.5. The van der Waals surface area contributed by atoms with Crippen molar-refractivity contribution in [2.75, 3.05) is 26.4 Å². The molecule has 0 bridgehead atoms. The van der Waals surface area contributed by atoms with Gasteiger partial charge in [-0.1, -0.05) is 11.6 Å². The Hall–Kier alpha value is -0.710. The monoisotopic (exact) mass is 272 g/mol. The maximum Gasteiger partial charge on any atom is 0.252 e. The maximum atomic E-state index is 11.9. The van der Waals surface area contributed by atoms with Crippen LogP contribution in [0.3, 0.4) is 0 Å². The minimum absolute atomic E-state index is 0.109. The van der Waals surface area contributed by atoms with Crippen LogP contribution in [0.2, 0.25) is 5.02 Å². The van der Waals surface area contributed by atoms with Gasteiger partial charge in [0.25, 0.3) is 5.91 Å². The summed E-state index contributed by atoms with van der Waals surface area (Å²) in [7, 11) is 1.89. The molecule has 3 nitrogen and oxygen atoms in total. The molecule has 0 aliphatic carbocycles. The van der Waals surface area contributed by atoms with Gasteiger partial charge in [-0.3, -0.25) is 4.79 Å². The highest BCUT2D eigenvalue weighted by Crippen LogP contribution is 2.22. The van der Waals surface area contributed by atoms with E-state index in [0.717, 1.165) is 17.9 Å². The summed E-state index contributed by atoms with van der Waals surface area (Å²) in [6, 6.07) is 5.49. The molecule has 1 aromatic rings. The molecule has 1 aromatic carbocycles. The SMILES string of the molecule is CNCCCNC(=O)c1cc(SC)ccc1Cl. The third-order valence-electron chi connectivity index (χ3n) is 2.31. The second kappa shape index (κ2) is 7.58. The van der Waals surface area contributed by atoms with Crippen LogP contribution < -0.4 is 10.6 Å². The number of hydrogen-bond acceptors (Lipinski definition) is 3. The predicted molar refractivity (Wildman–Crippen MR) is 74.1 cm³/mol. The summed E-state index contributed by atoms with van der Waals surface area (Å²) in [5.41, 5.74) is 0.544. The lowest BCUT2D eigenvalue weighted by Crippen LogP contribution is -2.26. The molecule has 0 aliphatic heterocycles. The number of benzene rings is 1. The van der Waals surface area contributed by atoms with Crippen LogP contribution in [0.25, 0.3) is 0 Å². The molecule has 0 aromatic heterocycles. The highest BCUT2D eigenvalue weighted by molar-refractivity contribution is 7.98. The van der Waals surface area contributed by atoms with E-state index < -0.39 is 0 Å². The molecule has 17 heavy (non-hydrogen) atoms. The van der Waals surface area contributed by atoms with Crippen molar-refractivity contribution in [3.05, 3.63) is 28.8 Å². The Balaban J connectivity index is 2.61. The van der Waals surface area contributed by atoms with E-state index in [2.05, 4.69) is 10.6 Å². The minimum atomic E-state index is -0.109. The van der Waals surface area contributed by atoms with E-state index in [0.29, 0.717) is 17.1 Å². The lowest BCUT2D eigenvalue weighted by atomic mass is 10.2. The predicted octanol–water partition coefficient (Wildman–Crippen LogP) is 2.40. The van der Waals surface area contributed by atoms with Gasteiger partial charge < -0.3 is 10.6 Å². The molecule has 1 amide bonds. The van der Waals surface area contributed by atoms with Crippen LogP contribution in [0, 0.1) is 0 Å². The van der Waals surface area contributed by atoms with E-state index in [1.165, 1.54) is 0 Å². The van der Waals surface area contributed by atoms with Crippen LogP contribution in [-0.2, 0) is 0 Å². The van der Waals surface area contributed by atoms with Crippen molar-refractivity contribution in [2.45, 2.75) is 11.3 Å². The molecule has 0 spiro atoms. The van der Waals surface area contributed by atoms with Gasteiger partial charge in [0.2, 0.25) is 0 Å². The Morgan fingerprint density at radius 1 is 1.41 bits per heavy atom. The molecule has 0 aliphatic rings. The Labute approximate surface area is 111 Å². The molecular formula is C12H17ClN2OS. The van der Waals surface area contributed by atoms with Gasteiger partial charge in [0, 0.05) is 11.4 Å². The normalized spacial score (nSPS) is 10.3. The van der Waals surface area contributed by atoms with Crippen LogP contribution in [0.4, 0.5) is 0 Å². The fourth-order valence-electron chi connectivity index (χ4n) is 1.37. The Morgan fingerprint density at radius 2 is 2.18 bits per heavy atom. The highest BCUT2D eigenvalue weighted by Gasteiger charge is 2.10. The summed E-state index contributed by atoms with van der Waals surface area (Å²) < 4.78 is 0. The first-order chi connectivity index (χ1) is 8.19. The number of thioether (sulfide) groups is 1. The fourth-order valence-corrected chi connectivity index (χ4v) is 2.01. The lowest BCUT2D eigenvalue weighted by molar-refractivity contribution is 0.0953. The number of carbonyl (C=O) groups is 1. The van der Waals surface area contributed by atoms with E-state index >= 15 is 0 Å². The molecule has 0 atom stereocenters. The molecule has 0 unspecified atom stereocenters. The van der Waals surface area contributed by atoms with E-state index in [1.807, 2.05) is 25.4 Å². The first-order valence-electron chi connectivity index (χ1n) is 5.45. The minimum Gasteiger partial charge on any atom is -0.352 e. The third kappa shape index (κ3) is 4.58. The fraction of sp³-hybridized carbons (Fsp3) is 0.417. The molecule has 1 rings (SSSR count). The molecular weight excluding hydrogens is 256 g/mol. The number of nitrogens with one attached hydrogen (secondary N) is 2. The first kappa shape index (κ1) is 14.4. The van der Waals surface area contributed by atoms with Crippen molar-refractivity contribution in [1.82, 2.24) is 10.6 Å². The van der Waals surface area contributed by atoms with Crippen molar-refractivity contribution < 1.29 is 4.79 Å². The van der Waals surface area contributed by atoms with Gasteiger partial charge in [-0.2, -0.15) is 0 Å². The largest absolute Gasteiger partial charge is 0.352 e. The summed E-state index contributed by atoms with van der Waals surface area (Å²) in [5, 5.41) is 6.38. The number of hydrogen-bond donors (Lipinski definition) is 2. The zero-order valence-electron chi connectivity index (χ0n) is 10.0. The second-order valence-corrected chi connectivity index (χ2v) is 4.85. The Bertz CT molecular complexity index is 385. The summed E-state index contributed by atoms with van der Waals surface area (Å²) >= 11 is 7.60. The van der Waals surface area contributed by atoms with E-state index in [1.54, 1.807) is 17.8 Å². The summed E-state index contributed by atoms with van der Waals surface area (Å²) in [6.07, 6.45) is 2.87. The van der Waals surface area contributed by atoms with Crippen LogP contribution in [0.5, 0.6) is 0 Å².